The number of ether oxygens (including phenoxy) is 2. The Morgan fingerprint density at radius 1 is 1.07 bits per heavy atom. The Bertz CT molecular complexity index is 847. The first kappa shape index (κ1) is 18.5. The number of hydrogen-bond donors (Lipinski definition) is 1. The minimum atomic E-state index is -0.0840. The van der Waals surface area contributed by atoms with E-state index in [0.29, 0.717) is 18.1 Å². The third-order valence-electron chi connectivity index (χ3n) is 5.59. The van der Waals surface area contributed by atoms with E-state index < -0.39 is 0 Å². The maximum Gasteiger partial charge on any atom is 0.254 e. The van der Waals surface area contributed by atoms with Gasteiger partial charge in [0.05, 0.1) is 19.8 Å². The summed E-state index contributed by atoms with van der Waals surface area (Å²) in [7, 11) is 3.29. The molecule has 7 heteroatoms. The lowest BCUT2D eigenvalue weighted by atomic mass is 9.99. The van der Waals surface area contributed by atoms with E-state index in [2.05, 4.69) is 20.2 Å². The van der Waals surface area contributed by atoms with Gasteiger partial charge in [-0.2, -0.15) is 0 Å². The van der Waals surface area contributed by atoms with Crippen molar-refractivity contribution in [3.8, 4) is 11.5 Å². The molecule has 1 amide bonds. The lowest BCUT2D eigenvalue weighted by Gasteiger charge is -2.29. The molecule has 4 rings (SSSR count). The Hall–Kier alpha value is -2.83. The Kier molecular flexibility index (Phi) is 5.32. The third-order valence-corrected chi connectivity index (χ3v) is 5.59. The van der Waals surface area contributed by atoms with Crippen molar-refractivity contribution in [3.05, 3.63) is 41.2 Å². The van der Waals surface area contributed by atoms with Crippen LogP contribution in [0.25, 0.3) is 0 Å². The largest absolute Gasteiger partial charge is 0.493 e. The number of amides is 1. The molecule has 2 aromatic rings. The van der Waals surface area contributed by atoms with Crippen molar-refractivity contribution in [2.45, 2.75) is 44.7 Å². The summed E-state index contributed by atoms with van der Waals surface area (Å²) in [6, 6.07) is 4.35. The molecule has 28 heavy (non-hydrogen) atoms. The molecule has 148 valence electrons. The zero-order valence-electron chi connectivity index (χ0n) is 16.4. The molecule has 1 N–H and O–H groups in total. The molecule has 0 bridgehead atoms. The topological polar surface area (TPSA) is 76.6 Å². The Balaban J connectivity index is 1.46. The van der Waals surface area contributed by atoms with Gasteiger partial charge in [-0.05, 0) is 42.5 Å². The molecule has 0 atom stereocenters. The molecule has 1 saturated carbocycles. The van der Waals surface area contributed by atoms with Gasteiger partial charge < -0.3 is 19.7 Å². The monoisotopic (exact) mass is 382 g/mol. The van der Waals surface area contributed by atoms with Gasteiger partial charge >= 0.3 is 0 Å². The third kappa shape index (κ3) is 3.74. The van der Waals surface area contributed by atoms with Crippen molar-refractivity contribution in [2.75, 3.05) is 25.7 Å². The van der Waals surface area contributed by atoms with Gasteiger partial charge in [-0.1, -0.05) is 12.8 Å². The molecule has 7 nitrogen and oxygen atoms in total. The molecular weight excluding hydrogens is 356 g/mol. The molecule has 2 aliphatic rings. The van der Waals surface area contributed by atoms with E-state index in [1.807, 2.05) is 12.1 Å². The molecule has 0 unspecified atom stereocenters. The molecule has 1 aliphatic heterocycles. The minimum Gasteiger partial charge on any atom is -0.493 e. The standard InChI is InChI=1S/C21H26N4O3/c1-27-18-9-14-7-8-25(13-15(14)10-19(18)28-2)21-22-11-16(12-23-21)20(26)24-17-5-3-4-6-17/h9-12,17H,3-8,13H2,1-2H3,(H,24,26). The van der Waals surface area contributed by atoms with Crippen LogP contribution in [0.4, 0.5) is 5.95 Å². The Morgan fingerprint density at radius 2 is 1.71 bits per heavy atom. The molecule has 0 saturated heterocycles. The highest BCUT2D eigenvalue weighted by Crippen LogP contribution is 2.33. The van der Waals surface area contributed by atoms with Gasteiger partial charge in [-0.15, -0.1) is 0 Å². The number of carbonyl (C=O) groups is 1. The van der Waals surface area contributed by atoms with Crippen LogP contribution in [-0.4, -0.2) is 42.7 Å². The van der Waals surface area contributed by atoms with Crippen molar-refractivity contribution in [2.24, 2.45) is 0 Å². The van der Waals surface area contributed by atoms with Gasteiger partial charge in [-0.3, -0.25) is 4.79 Å². The van der Waals surface area contributed by atoms with E-state index in [1.54, 1.807) is 26.6 Å². The van der Waals surface area contributed by atoms with Crippen LogP contribution in [0.15, 0.2) is 24.5 Å². The highest BCUT2D eigenvalue weighted by Gasteiger charge is 2.22. The van der Waals surface area contributed by atoms with Crippen LogP contribution in [0.2, 0.25) is 0 Å². The molecule has 0 spiro atoms. The smallest absolute Gasteiger partial charge is 0.254 e. The predicted molar refractivity (Wildman–Crippen MR) is 106 cm³/mol. The van der Waals surface area contributed by atoms with Crippen LogP contribution in [0.5, 0.6) is 11.5 Å². The first-order valence-corrected chi connectivity index (χ1v) is 9.79. The molecule has 1 aromatic carbocycles. The van der Waals surface area contributed by atoms with Crippen LogP contribution in [-0.2, 0) is 13.0 Å². The van der Waals surface area contributed by atoms with Gasteiger partial charge in [0, 0.05) is 31.5 Å². The second-order valence-electron chi connectivity index (χ2n) is 7.37. The molecule has 0 radical (unpaired) electrons. The van der Waals surface area contributed by atoms with E-state index >= 15 is 0 Å². The van der Waals surface area contributed by atoms with Crippen molar-refractivity contribution >= 4 is 11.9 Å². The Labute approximate surface area is 165 Å². The maximum atomic E-state index is 12.4. The second kappa shape index (κ2) is 8.04. The van der Waals surface area contributed by atoms with Gasteiger partial charge in [0.1, 0.15) is 0 Å². The van der Waals surface area contributed by atoms with Crippen LogP contribution in [0.1, 0.15) is 47.2 Å². The van der Waals surface area contributed by atoms with Gasteiger partial charge in [0.15, 0.2) is 11.5 Å². The van der Waals surface area contributed by atoms with E-state index in [1.165, 1.54) is 24.0 Å². The van der Waals surface area contributed by atoms with E-state index in [-0.39, 0.29) is 11.9 Å². The number of fused-ring (bicyclic) bond motifs is 1. The van der Waals surface area contributed by atoms with Gasteiger partial charge in [0.25, 0.3) is 5.91 Å². The quantitative estimate of drug-likeness (QED) is 0.857. The molecule has 2 heterocycles. The van der Waals surface area contributed by atoms with Crippen molar-refractivity contribution in [1.82, 2.24) is 15.3 Å². The summed E-state index contributed by atoms with van der Waals surface area (Å²) < 4.78 is 10.8. The summed E-state index contributed by atoms with van der Waals surface area (Å²) in [6.07, 6.45) is 8.62. The highest BCUT2D eigenvalue weighted by atomic mass is 16.5. The zero-order chi connectivity index (χ0) is 19.5. The Morgan fingerprint density at radius 3 is 2.36 bits per heavy atom. The summed E-state index contributed by atoms with van der Waals surface area (Å²) in [5, 5.41) is 3.07. The zero-order valence-corrected chi connectivity index (χ0v) is 16.4. The fourth-order valence-electron chi connectivity index (χ4n) is 3.99. The number of methoxy groups -OCH3 is 2. The number of rotatable bonds is 5. The fourth-order valence-corrected chi connectivity index (χ4v) is 3.99. The average Bonchev–Trinajstić information content (AvgIpc) is 3.25. The van der Waals surface area contributed by atoms with Crippen LogP contribution < -0.4 is 19.7 Å². The number of aromatic nitrogens is 2. The van der Waals surface area contributed by atoms with Crippen LogP contribution in [0, 0.1) is 0 Å². The lowest BCUT2D eigenvalue weighted by molar-refractivity contribution is 0.0937. The SMILES string of the molecule is COc1cc2c(cc1OC)CN(c1ncc(C(=O)NC3CCCC3)cn1)CC2. The minimum absolute atomic E-state index is 0.0840. The predicted octanol–water partition coefficient (Wildman–Crippen LogP) is 2.73. The highest BCUT2D eigenvalue weighted by molar-refractivity contribution is 5.93. The molecule has 1 aliphatic carbocycles. The second-order valence-corrected chi connectivity index (χ2v) is 7.37. The van der Waals surface area contributed by atoms with Gasteiger partial charge in [0.2, 0.25) is 5.95 Å². The van der Waals surface area contributed by atoms with E-state index in [9.17, 15) is 4.79 Å². The summed E-state index contributed by atoms with van der Waals surface area (Å²) in [5.74, 6) is 2.03. The normalized spacial score (nSPS) is 16.6. The maximum absolute atomic E-state index is 12.4. The summed E-state index contributed by atoms with van der Waals surface area (Å²) in [4.78, 5) is 23.4. The fraction of sp³-hybridized carbons (Fsp3) is 0.476. The van der Waals surface area contributed by atoms with Crippen molar-refractivity contribution in [1.29, 1.82) is 0 Å². The van der Waals surface area contributed by atoms with Crippen LogP contribution >= 0.6 is 0 Å². The molecular formula is C21H26N4O3. The van der Waals surface area contributed by atoms with Crippen molar-refractivity contribution < 1.29 is 14.3 Å². The van der Waals surface area contributed by atoms with Gasteiger partial charge in [-0.25, -0.2) is 9.97 Å². The van der Waals surface area contributed by atoms with E-state index in [0.717, 1.165) is 37.3 Å². The summed E-state index contributed by atoms with van der Waals surface area (Å²) in [6.45, 7) is 1.51. The first-order valence-electron chi connectivity index (χ1n) is 9.79. The number of carbonyl (C=O) groups excluding carboxylic acids is 1. The summed E-state index contributed by atoms with van der Waals surface area (Å²) >= 11 is 0. The van der Waals surface area contributed by atoms with E-state index in [4.69, 9.17) is 9.47 Å². The number of hydrogen-bond acceptors (Lipinski definition) is 6. The first-order chi connectivity index (χ1) is 13.7. The number of anilines is 1. The molecule has 1 fully saturated rings. The molecule has 1 aromatic heterocycles. The number of nitrogens with zero attached hydrogens (tertiary/aromatic N) is 3. The lowest BCUT2D eigenvalue weighted by Crippen LogP contribution is -2.34. The van der Waals surface area contributed by atoms with Crippen LogP contribution in [0.3, 0.4) is 0 Å². The number of benzene rings is 1. The summed E-state index contributed by atoms with van der Waals surface area (Å²) in [5.41, 5.74) is 2.94. The number of nitrogens with one attached hydrogen (secondary N) is 1. The average molecular weight is 382 g/mol. The van der Waals surface area contributed by atoms with Crippen molar-refractivity contribution in [3.63, 3.8) is 0 Å².